The number of nitrogens with zero attached hydrogens (tertiary/aromatic N) is 1. The molecule has 1 aromatic rings. The fourth-order valence-electron chi connectivity index (χ4n) is 1.90. The van der Waals surface area contributed by atoms with Gasteiger partial charge in [0.15, 0.2) is 5.96 Å². The zero-order valence-electron chi connectivity index (χ0n) is 10.7. The van der Waals surface area contributed by atoms with Crippen molar-refractivity contribution in [1.29, 1.82) is 0 Å². The molecule has 0 bridgehead atoms. The maximum atomic E-state index is 13.2. The lowest BCUT2D eigenvalue weighted by Crippen LogP contribution is -2.37. The summed E-state index contributed by atoms with van der Waals surface area (Å²) in [5.41, 5.74) is 2.16. The zero-order chi connectivity index (χ0) is 13.0. The van der Waals surface area contributed by atoms with E-state index in [2.05, 4.69) is 22.5 Å². The molecule has 18 heavy (non-hydrogen) atoms. The number of aliphatic imine (C=N–C) groups is 1. The van der Waals surface area contributed by atoms with Crippen LogP contribution in [0.25, 0.3) is 0 Å². The molecule has 0 fully saturated rings. The summed E-state index contributed by atoms with van der Waals surface area (Å²) in [4.78, 5) is 4.34. The van der Waals surface area contributed by atoms with Crippen molar-refractivity contribution in [2.24, 2.45) is 4.99 Å². The van der Waals surface area contributed by atoms with Gasteiger partial charge in [-0.2, -0.15) is 11.8 Å². The van der Waals surface area contributed by atoms with Crippen molar-refractivity contribution in [3.63, 3.8) is 0 Å². The summed E-state index contributed by atoms with van der Waals surface area (Å²) in [6.45, 7) is 3.58. The third-order valence-electron chi connectivity index (χ3n) is 2.82. The highest BCUT2D eigenvalue weighted by atomic mass is 32.2. The van der Waals surface area contributed by atoms with E-state index < -0.39 is 0 Å². The average molecular weight is 267 g/mol. The number of hydrogen-bond acceptors (Lipinski definition) is 4. The second-order valence-corrected chi connectivity index (χ2v) is 5.30. The van der Waals surface area contributed by atoms with Crippen LogP contribution in [0.4, 0.5) is 4.39 Å². The van der Waals surface area contributed by atoms with Gasteiger partial charge < -0.3 is 10.6 Å². The molecule has 5 heteroatoms. The number of halogens is 1. The Morgan fingerprint density at radius 1 is 1.50 bits per heavy atom. The molecule has 98 valence electrons. The van der Waals surface area contributed by atoms with Gasteiger partial charge >= 0.3 is 0 Å². The maximum Gasteiger partial charge on any atom is 0.191 e. The van der Waals surface area contributed by atoms with E-state index in [1.165, 1.54) is 6.07 Å². The van der Waals surface area contributed by atoms with Gasteiger partial charge in [0.25, 0.3) is 0 Å². The lowest BCUT2D eigenvalue weighted by Gasteiger charge is -2.12. The van der Waals surface area contributed by atoms with E-state index in [0.29, 0.717) is 12.6 Å². The fraction of sp³-hybridized carbons (Fsp3) is 0.462. The van der Waals surface area contributed by atoms with E-state index in [1.54, 1.807) is 17.8 Å². The van der Waals surface area contributed by atoms with Crippen LogP contribution in [-0.4, -0.2) is 24.8 Å². The van der Waals surface area contributed by atoms with Gasteiger partial charge in [0.05, 0.1) is 6.54 Å². The summed E-state index contributed by atoms with van der Waals surface area (Å²) in [6, 6.07) is 5.35. The molecule has 1 aliphatic rings. The van der Waals surface area contributed by atoms with Gasteiger partial charge in [0.1, 0.15) is 5.82 Å². The molecule has 3 nitrogen and oxygen atoms in total. The van der Waals surface area contributed by atoms with Gasteiger partial charge in [-0.1, -0.05) is 6.07 Å². The molecule has 1 aromatic carbocycles. The Morgan fingerprint density at radius 2 is 2.33 bits per heavy atom. The summed E-state index contributed by atoms with van der Waals surface area (Å²) in [5, 5.41) is 6.50. The van der Waals surface area contributed by atoms with Crippen LogP contribution in [0.2, 0.25) is 0 Å². The number of hydrogen-bond donors (Lipinski definition) is 2. The molecule has 0 amide bonds. The molecule has 0 saturated heterocycles. The van der Waals surface area contributed by atoms with Crippen molar-refractivity contribution in [3.05, 3.63) is 35.1 Å². The SMILES string of the molecule is CSCc1cc(F)ccc1CNC1=NCC(C)N1. The largest absolute Gasteiger partial charge is 0.352 e. The average Bonchev–Trinajstić information content (AvgIpc) is 2.75. The molecule has 2 rings (SSSR count). The van der Waals surface area contributed by atoms with Gasteiger partial charge in [0.2, 0.25) is 0 Å². The van der Waals surface area contributed by atoms with E-state index >= 15 is 0 Å². The maximum absolute atomic E-state index is 13.2. The van der Waals surface area contributed by atoms with Crippen molar-refractivity contribution >= 4 is 17.7 Å². The molecular weight excluding hydrogens is 249 g/mol. The van der Waals surface area contributed by atoms with Crippen molar-refractivity contribution in [3.8, 4) is 0 Å². The van der Waals surface area contributed by atoms with Crippen LogP contribution in [0.3, 0.4) is 0 Å². The van der Waals surface area contributed by atoms with Gasteiger partial charge in [-0.25, -0.2) is 4.39 Å². The topological polar surface area (TPSA) is 36.4 Å². The van der Waals surface area contributed by atoms with Crippen LogP contribution < -0.4 is 10.6 Å². The summed E-state index contributed by atoms with van der Waals surface area (Å²) in [5.74, 6) is 1.49. The highest BCUT2D eigenvalue weighted by Crippen LogP contribution is 2.16. The first kappa shape index (κ1) is 13.2. The van der Waals surface area contributed by atoms with Crippen LogP contribution in [0.15, 0.2) is 23.2 Å². The fourth-order valence-corrected chi connectivity index (χ4v) is 2.48. The molecule has 1 atom stereocenters. The number of guanidine groups is 1. The van der Waals surface area contributed by atoms with Crippen LogP contribution >= 0.6 is 11.8 Å². The minimum Gasteiger partial charge on any atom is -0.352 e. The van der Waals surface area contributed by atoms with E-state index in [-0.39, 0.29) is 5.82 Å². The van der Waals surface area contributed by atoms with Crippen LogP contribution in [0.5, 0.6) is 0 Å². The summed E-state index contributed by atoms with van der Waals surface area (Å²) in [7, 11) is 0. The van der Waals surface area contributed by atoms with E-state index in [4.69, 9.17) is 0 Å². The van der Waals surface area contributed by atoms with Crippen LogP contribution in [0.1, 0.15) is 18.1 Å². The summed E-state index contributed by atoms with van der Waals surface area (Å²) in [6.07, 6.45) is 2.02. The monoisotopic (exact) mass is 267 g/mol. The quantitative estimate of drug-likeness (QED) is 0.877. The van der Waals surface area contributed by atoms with Crippen molar-refractivity contribution in [2.75, 3.05) is 12.8 Å². The normalized spacial score (nSPS) is 18.4. The molecule has 0 aromatic heterocycles. The summed E-state index contributed by atoms with van der Waals surface area (Å²) >= 11 is 1.70. The molecular formula is C13H18FN3S. The number of rotatable bonds is 4. The predicted octanol–water partition coefficient (Wildman–Crippen LogP) is 2.13. The molecule has 1 aliphatic heterocycles. The lowest BCUT2D eigenvalue weighted by atomic mass is 10.1. The smallest absolute Gasteiger partial charge is 0.191 e. The number of nitrogens with one attached hydrogen (secondary N) is 2. The van der Waals surface area contributed by atoms with Crippen molar-refractivity contribution in [1.82, 2.24) is 10.6 Å². The molecule has 0 radical (unpaired) electrons. The van der Waals surface area contributed by atoms with Gasteiger partial charge in [-0.3, -0.25) is 4.99 Å². The molecule has 0 saturated carbocycles. The first-order valence-electron chi connectivity index (χ1n) is 6.00. The first-order valence-corrected chi connectivity index (χ1v) is 7.39. The Balaban J connectivity index is 2.00. The zero-order valence-corrected chi connectivity index (χ0v) is 11.5. The molecule has 0 spiro atoms. The first-order chi connectivity index (χ1) is 8.69. The predicted molar refractivity (Wildman–Crippen MR) is 75.4 cm³/mol. The standard InChI is InChI=1S/C13H18FN3S/c1-9-6-15-13(17-9)16-7-10-3-4-12(14)5-11(10)8-18-2/h3-5,9H,6-8H2,1-2H3,(H2,15,16,17). The van der Waals surface area contributed by atoms with E-state index in [0.717, 1.165) is 29.4 Å². The second kappa shape index (κ2) is 6.09. The Labute approximate surface area is 111 Å². The number of thioether (sulfide) groups is 1. The van der Waals surface area contributed by atoms with Crippen LogP contribution in [0, 0.1) is 5.82 Å². The lowest BCUT2D eigenvalue weighted by molar-refractivity contribution is 0.625. The Bertz CT molecular complexity index is 448. The van der Waals surface area contributed by atoms with Crippen molar-refractivity contribution in [2.45, 2.75) is 25.3 Å². The van der Waals surface area contributed by atoms with E-state index in [9.17, 15) is 4.39 Å². The Morgan fingerprint density at radius 3 is 3.00 bits per heavy atom. The second-order valence-electron chi connectivity index (χ2n) is 4.43. The molecule has 1 unspecified atom stereocenters. The highest BCUT2D eigenvalue weighted by Gasteiger charge is 2.12. The molecule has 1 heterocycles. The van der Waals surface area contributed by atoms with Gasteiger partial charge in [-0.15, -0.1) is 0 Å². The minimum atomic E-state index is -0.173. The van der Waals surface area contributed by atoms with Gasteiger partial charge in [-0.05, 0) is 36.4 Å². The molecule has 2 N–H and O–H groups in total. The number of benzene rings is 1. The van der Waals surface area contributed by atoms with Gasteiger partial charge in [0, 0.05) is 18.3 Å². The van der Waals surface area contributed by atoms with Crippen LogP contribution in [-0.2, 0) is 12.3 Å². The minimum absolute atomic E-state index is 0.173. The van der Waals surface area contributed by atoms with E-state index in [1.807, 2.05) is 12.3 Å². The third kappa shape index (κ3) is 3.38. The molecule has 0 aliphatic carbocycles. The Kier molecular flexibility index (Phi) is 4.47. The Hall–Kier alpha value is -1.23. The highest BCUT2D eigenvalue weighted by molar-refractivity contribution is 7.97. The third-order valence-corrected chi connectivity index (χ3v) is 3.42. The summed E-state index contributed by atoms with van der Waals surface area (Å²) < 4.78 is 13.2. The van der Waals surface area contributed by atoms with Crippen molar-refractivity contribution < 1.29 is 4.39 Å².